The molecule has 0 aromatic rings. The van der Waals surface area contributed by atoms with E-state index < -0.39 is 0 Å². The number of fused-ring (bicyclic) bond motifs is 1. The van der Waals surface area contributed by atoms with Crippen molar-refractivity contribution in [3.63, 3.8) is 0 Å². The molecule has 1 aliphatic carbocycles. The van der Waals surface area contributed by atoms with Crippen LogP contribution >= 0.6 is 23.8 Å². The van der Waals surface area contributed by atoms with Crippen molar-refractivity contribution in [1.29, 1.82) is 0 Å². The lowest BCUT2D eigenvalue weighted by Gasteiger charge is -2.17. The Morgan fingerprint density at radius 2 is 2.17 bits per heavy atom. The van der Waals surface area contributed by atoms with Gasteiger partial charge in [-0.15, -0.1) is 10.2 Å². The maximum absolute atomic E-state index is 5.83. The first-order chi connectivity index (χ1) is 5.79. The number of thiocarbonyl (C=S) groups is 1. The van der Waals surface area contributed by atoms with Gasteiger partial charge in [0.25, 0.3) is 0 Å². The molecule has 0 radical (unpaired) electrons. The molecular weight excluding hydrogens is 192 g/mol. The minimum Gasteiger partial charge on any atom is -0.141 e. The SMILES string of the molecule is S=C1N=NC(Cl)=C2C=CC=CC12. The molecule has 0 amide bonds. The summed E-state index contributed by atoms with van der Waals surface area (Å²) < 4.78 is 0. The van der Waals surface area contributed by atoms with E-state index in [4.69, 9.17) is 23.8 Å². The fraction of sp³-hybridized carbons (Fsp3) is 0.125. The van der Waals surface area contributed by atoms with Gasteiger partial charge in [0.2, 0.25) is 0 Å². The number of halogens is 1. The first-order valence-corrected chi connectivity index (χ1v) is 4.28. The lowest BCUT2D eigenvalue weighted by atomic mass is 9.95. The van der Waals surface area contributed by atoms with Crippen LogP contribution in [0.15, 0.2) is 45.3 Å². The van der Waals surface area contributed by atoms with E-state index in [1.54, 1.807) is 0 Å². The number of azo groups is 1. The van der Waals surface area contributed by atoms with Crippen LogP contribution < -0.4 is 0 Å². The summed E-state index contributed by atoms with van der Waals surface area (Å²) in [5, 5.41) is 7.95. The molecule has 1 atom stereocenters. The molecular formula is C8H5ClN2S. The molecule has 0 N–H and O–H groups in total. The van der Waals surface area contributed by atoms with E-state index in [0.717, 1.165) is 5.57 Å². The van der Waals surface area contributed by atoms with Gasteiger partial charge in [0.1, 0.15) is 4.99 Å². The molecule has 2 aliphatic rings. The summed E-state index contributed by atoms with van der Waals surface area (Å²) in [6, 6.07) is 0. The van der Waals surface area contributed by atoms with Gasteiger partial charge in [0.05, 0.1) is 5.92 Å². The molecule has 1 aliphatic heterocycles. The Labute approximate surface area is 80.3 Å². The number of nitrogens with zero attached hydrogens (tertiary/aromatic N) is 2. The highest BCUT2D eigenvalue weighted by Crippen LogP contribution is 2.30. The van der Waals surface area contributed by atoms with Crippen LogP contribution in [-0.4, -0.2) is 4.99 Å². The predicted molar refractivity (Wildman–Crippen MR) is 52.1 cm³/mol. The molecule has 0 fully saturated rings. The average molecular weight is 197 g/mol. The van der Waals surface area contributed by atoms with Gasteiger partial charge in [0, 0.05) is 5.57 Å². The highest BCUT2D eigenvalue weighted by molar-refractivity contribution is 7.80. The van der Waals surface area contributed by atoms with E-state index in [2.05, 4.69) is 10.2 Å². The summed E-state index contributed by atoms with van der Waals surface area (Å²) in [7, 11) is 0. The van der Waals surface area contributed by atoms with E-state index in [1.807, 2.05) is 24.3 Å². The van der Waals surface area contributed by atoms with Crippen LogP contribution in [0.1, 0.15) is 0 Å². The van der Waals surface area contributed by atoms with E-state index in [0.29, 0.717) is 10.1 Å². The van der Waals surface area contributed by atoms with Crippen LogP contribution in [0.5, 0.6) is 0 Å². The highest BCUT2D eigenvalue weighted by Gasteiger charge is 2.22. The molecule has 0 bridgehead atoms. The zero-order valence-corrected chi connectivity index (χ0v) is 7.64. The highest BCUT2D eigenvalue weighted by atomic mass is 35.5. The van der Waals surface area contributed by atoms with Crippen molar-refractivity contribution in [1.82, 2.24) is 0 Å². The first kappa shape index (κ1) is 7.83. The summed E-state index contributed by atoms with van der Waals surface area (Å²) in [6.45, 7) is 0. The Balaban J connectivity index is 2.51. The Morgan fingerprint density at radius 3 is 2.92 bits per heavy atom. The van der Waals surface area contributed by atoms with Gasteiger partial charge < -0.3 is 0 Å². The molecule has 0 aromatic carbocycles. The van der Waals surface area contributed by atoms with Crippen molar-refractivity contribution in [2.45, 2.75) is 0 Å². The largest absolute Gasteiger partial charge is 0.155 e. The van der Waals surface area contributed by atoms with E-state index >= 15 is 0 Å². The van der Waals surface area contributed by atoms with Gasteiger partial charge in [-0.05, 0) is 0 Å². The minimum absolute atomic E-state index is 0.0509. The van der Waals surface area contributed by atoms with Crippen LogP contribution in [0, 0.1) is 5.92 Å². The second-order valence-corrected chi connectivity index (χ2v) is 3.28. The fourth-order valence-corrected chi connectivity index (χ4v) is 1.63. The van der Waals surface area contributed by atoms with Crippen LogP contribution in [0.2, 0.25) is 0 Å². The van der Waals surface area contributed by atoms with Crippen molar-refractivity contribution in [3.05, 3.63) is 35.0 Å². The predicted octanol–water partition coefficient (Wildman–Crippen LogP) is 2.97. The van der Waals surface area contributed by atoms with Gasteiger partial charge in [-0.25, -0.2) is 0 Å². The van der Waals surface area contributed by atoms with Crippen molar-refractivity contribution in [2.24, 2.45) is 16.1 Å². The normalized spacial score (nSPS) is 26.4. The van der Waals surface area contributed by atoms with Gasteiger partial charge in [-0.1, -0.05) is 48.1 Å². The number of rotatable bonds is 0. The zero-order valence-electron chi connectivity index (χ0n) is 6.07. The molecule has 0 saturated heterocycles. The number of allylic oxidation sites excluding steroid dienone is 3. The van der Waals surface area contributed by atoms with Gasteiger partial charge in [-0.2, -0.15) is 0 Å². The van der Waals surface area contributed by atoms with Crippen molar-refractivity contribution in [2.75, 3.05) is 0 Å². The molecule has 60 valence electrons. The molecule has 2 rings (SSSR count). The monoisotopic (exact) mass is 196 g/mol. The van der Waals surface area contributed by atoms with Gasteiger partial charge in [0.15, 0.2) is 5.16 Å². The Kier molecular flexibility index (Phi) is 1.90. The summed E-state index contributed by atoms with van der Waals surface area (Å²) in [5.74, 6) is 0.0509. The zero-order chi connectivity index (χ0) is 8.55. The van der Waals surface area contributed by atoms with Crippen molar-refractivity contribution >= 4 is 28.8 Å². The molecule has 1 heterocycles. The third kappa shape index (κ3) is 1.15. The third-order valence-corrected chi connectivity index (χ3v) is 2.40. The number of hydrogen-bond acceptors (Lipinski definition) is 2. The second kappa shape index (κ2) is 2.92. The van der Waals surface area contributed by atoms with Crippen LogP contribution in [-0.2, 0) is 0 Å². The lowest BCUT2D eigenvalue weighted by molar-refractivity contribution is 0.974. The third-order valence-electron chi connectivity index (χ3n) is 1.77. The van der Waals surface area contributed by atoms with Crippen LogP contribution in [0.25, 0.3) is 0 Å². The summed E-state index contributed by atoms with van der Waals surface area (Å²) >= 11 is 10.8. The summed E-state index contributed by atoms with van der Waals surface area (Å²) in [6.07, 6.45) is 7.73. The first-order valence-electron chi connectivity index (χ1n) is 3.49. The van der Waals surface area contributed by atoms with Gasteiger partial charge in [-0.3, -0.25) is 0 Å². The smallest absolute Gasteiger partial charge is 0.141 e. The summed E-state index contributed by atoms with van der Waals surface area (Å²) in [5.41, 5.74) is 0.944. The molecule has 1 unspecified atom stereocenters. The maximum atomic E-state index is 5.83. The molecule has 0 aromatic heterocycles. The van der Waals surface area contributed by atoms with E-state index in [9.17, 15) is 0 Å². The fourth-order valence-electron chi connectivity index (χ4n) is 1.17. The van der Waals surface area contributed by atoms with Crippen LogP contribution in [0.4, 0.5) is 0 Å². The van der Waals surface area contributed by atoms with Crippen LogP contribution in [0.3, 0.4) is 0 Å². The van der Waals surface area contributed by atoms with E-state index in [-0.39, 0.29) is 5.92 Å². The lowest BCUT2D eigenvalue weighted by Crippen LogP contribution is -2.14. The molecule has 4 heteroatoms. The van der Waals surface area contributed by atoms with E-state index in [1.165, 1.54) is 0 Å². The van der Waals surface area contributed by atoms with Gasteiger partial charge >= 0.3 is 0 Å². The quantitative estimate of drug-likeness (QED) is 0.432. The molecule has 2 nitrogen and oxygen atoms in total. The molecule has 12 heavy (non-hydrogen) atoms. The Morgan fingerprint density at radius 1 is 1.33 bits per heavy atom. The Hall–Kier alpha value is -0.800. The molecule has 0 spiro atoms. The average Bonchev–Trinajstić information content (AvgIpc) is 2.12. The minimum atomic E-state index is 0.0509. The number of hydrogen-bond donors (Lipinski definition) is 0. The summed E-state index contributed by atoms with van der Waals surface area (Å²) in [4.78, 5) is 0.579. The Bertz CT molecular complexity index is 352. The van der Waals surface area contributed by atoms with Crippen molar-refractivity contribution in [3.8, 4) is 0 Å². The molecule has 0 saturated carbocycles. The standard InChI is InChI=1S/C8H5ClN2S/c9-7-5-3-1-2-4-6(5)8(12)11-10-7/h1-4,6H. The maximum Gasteiger partial charge on any atom is 0.155 e. The van der Waals surface area contributed by atoms with Crippen molar-refractivity contribution < 1.29 is 0 Å². The second-order valence-electron chi connectivity index (χ2n) is 2.51. The topological polar surface area (TPSA) is 24.7 Å².